The number of hydrogen-bond donors (Lipinski definition) is 1. The molecule has 1 N–H and O–H groups in total. The van der Waals surface area contributed by atoms with Crippen molar-refractivity contribution in [3.63, 3.8) is 0 Å². The minimum atomic E-state index is -4.08. The van der Waals surface area contributed by atoms with Crippen molar-refractivity contribution in [2.75, 3.05) is 11.4 Å². The number of sulfonamides is 1. The second-order valence-electron chi connectivity index (χ2n) is 7.98. The molecule has 1 fully saturated rings. The number of carbonyl (C=O) groups excluding carboxylic acids is 2. The number of anilines is 1. The average Bonchev–Trinajstić information content (AvgIpc) is 2.79. The third kappa shape index (κ3) is 6.03. The number of nitrogens with zero attached hydrogens (tertiary/aromatic N) is 1. The van der Waals surface area contributed by atoms with Gasteiger partial charge in [0, 0.05) is 13.1 Å². The van der Waals surface area contributed by atoms with Crippen LogP contribution in [-0.4, -0.2) is 39.5 Å². The molecule has 178 valence electrons. The molecule has 1 saturated carbocycles. The first-order valence-electron chi connectivity index (χ1n) is 10.6. The van der Waals surface area contributed by atoms with Crippen LogP contribution in [0.1, 0.15) is 49.4 Å². The van der Waals surface area contributed by atoms with E-state index in [4.69, 9.17) is 16.3 Å². The predicted molar refractivity (Wildman–Crippen MR) is 123 cm³/mol. The number of rotatable bonds is 7. The molecule has 0 aromatic heterocycles. The number of hydrogen-bond acceptors (Lipinski definition) is 5. The van der Waals surface area contributed by atoms with Crippen molar-refractivity contribution in [1.82, 2.24) is 5.32 Å². The van der Waals surface area contributed by atoms with Gasteiger partial charge in [-0.05, 0) is 62.2 Å². The maximum absolute atomic E-state index is 13.2. The second kappa shape index (κ2) is 10.5. The molecule has 10 heteroatoms. The van der Waals surface area contributed by atoms with Gasteiger partial charge in [0.1, 0.15) is 5.82 Å². The van der Waals surface area contributed by atoms with Gasteiger partial charge in [0.05, 0.1) is 21.2 Å². The predicted octanol–water partition coefficient (Wildman–Crippen LogP) is 4.30. The van der Waals surface area contributed by atoms with E-state index in [1.807, 2.05) is 0 Å². The summed E-state index contributed by atoms with van der Waals surface area (Å²) in [5, 5.41) is 2.87. The Morgan fingerprint density at radius 3 is 2.39 bits per heavy atom. The van der Waals surface area contributed by atoms with E-state index in [1.54, 1.807) is 0 Å². The van der Waals surface area contributed by atoms with Crippen LogP contribution < -0.4 is 9.62 Å². The summed E-state index contributed by atoms with van der Waals surface area (Å²) in [7, 11) is -2.76. The van der Waals surface area contributed by atoms with Crippen LogP contribution in [0.2, 0.25) is 5.02 Å². The first kappa shape index (κ1) is 25.0. The largest absolute Gasteiger partial charge is 0.449 e. The lowest BCUT2D eigenvalue weighted by Gasteiger charge is -2.24. The quantitative estimate of drug-likeness (QED) is 0.577. The highest BCUT2D eigenvalue weighted by Gasteiger charge is 2.27. The van der Waals surface area contributed by atoms with Gasteiger partial charge < -0.3 is 10.1 Å². The van der Waals surface area contributed by atoms with Crippen molar-refractivity contribution in [3.8, 4) is 0 Å². The van der Waals surface area contributed by atoms with Crippen LogP contribution >= 0.6 is 11.6 Å². The molecule has 0 saturated heterocycles. The highest BCUT2D eigenvalue weighted by molar-refractivity contribution is 7.92. The second-order valence-corrected chi connectivity index (χ2v) is 10.4. The number of amides is 1. The summed E-state index contributed by atoms with van der Waals surface area (Å²) >= 11 is 6.12. The standard InChI is InChI=1S/C23H26ClFN2O5S/c1-15(22(28)26-17-6-4-3-5-7-17)32-23(29)20-14-19(12-13-21(20)24)33(30,31)27(2)18-10-8-16(25)9-11-18/h8-15,17H,3-7H2,1-2H3,(H,26,28). The maximum atomic E-state index is 13.2. The smallest absolute Gasteiger partial charge is 0.340 e. The molecule has 0 radical (unpaired) electrons. The summed E-state index contributed by atoms with van der Waals surface area (Å²) in [6.45, 7) is 1.45. The van der Waals surface area contributed by atoms with Gasteiger partial charge >= 0.3 is 5.97 Å². The normalized spacial score (nSPS) is 15.5. The van der Waals surface area contributed by atoms with Gasteiger partial charge in [-0.3, -0.25) is 9.10 Å². The van der Waals surface area contributed by atoms with Gasteiger partial charge in [-0.15, -0.1) is 0 Å². The lowest BCUT2D eigenvalue weighted by atomic mass is 9.95. The molecule has 1 atom stereocenters. The Morgan fingerprint density at radius 2 is 1.76 bits per heavy atom. The van der Waals surface area contributed by atoms with E-state index in [0.717, 1.165) is 54.6 Å². The zero-order chi connectivity index (χ0) is 24.2. The van der Waals surface area contributed by atoms with Crippen LogP contribution in [0, 0.1) is 5.82 Å². The highest BCUT2D eigenvalue weighted by atomic mass is 35.5. The van der Waals surface area contributed by atoms with Crippen molar-refractivity contribution in [2.45, 2.75) is 56.1 Å². The van der Waals surface area contributed by atoms with E-state index in [-0.39, 0.29) is 27.2 Å². The Hall–Kier alpha value is -2.65. The molecule has 33 heavy (non-hydrogen) atoms. The van der Waals surface area contributed by atoms with Crippen molar-refractivity contribution in [2.24, 2.45) is 0 Å². The third-order valence-electron chi connectivity index (χ3n) is 5.61. The molecule has 1 aliphatic carbocycles. The molecule has 1 amide bonds. The van der Waals surface area contributed by atoms with E-state index in [9.17, 15) is 22.4 Å². The Labute approximate surface area is 197 Å². The molecular weight excluding hydrogens is 471 g/mol. The number of ether oxygens (including phenoxy) is 1. The Kier molecular flexibility index (Phi) is 7.97. The SMILES string of the molecule is CC(OC(=O)c1cc(S(=O)(=O)N(C)c2ccc(F)cc2)ccc1Cl)C(=O)NC1CCCCC1. The van der Waals surface area contributed by atoms with Crippen molar-refractivity contribution in [3.05, 3.63) is 58.9 Å². The van der Waals surface area contributed by atoms with Crippen LogP contribution in [0.15, 0.2) is 47.4 Å². The fourth-order valence-corrected chi connectivity index (χ4v) is 5.03. The van der Waals surface area contributed by atoms with Crippen LogP contribution in [-0.2, 0) is 19.6 Å². The zero-order valence-corrected chi connectivity index (χ0v) is 20.0. The number of carbonyl (C=O) groups is 2. The lowest BCUT2D eigenvalue weighted by Crippen LogP contribution is -2.42. The summed E-state index contributed by atoms with van der Waals surface area (Å²) in [6, 6.07) is 8.63. The summed E-state index contributed by atoms with van der Waals surface area (Å²) in [4.78, 5) is 24.9. The fourth-order valence-electron chi connectivity index (χ4n) is 3.61. The van der Waals surface area contributed by atoms with E-state index in [0.29, 0.717) is 0 Å². The van der Waals surface area contributed by atoms with Gasteiger partial charge in [-0.1, -0.05) is 30.9 Å². The van der Waals surface area contributed by atoms with E-state index >= 15 is 0 Å². The van der Waals surface area contributed by atoms with E-state index in [2.05, 4.69) is 5.32 Å². The molecule has 0 aliphatic heterocycles. The minimum Gasteiger partial charge on any atom is -0.449 e. The Morgan fingerprint density at radius 1 is 1.12 bits per heavy atom. The minimum absolute atomic E-state index is 0.0109. The average molecular weight is 497 g/mol. The maximum Gasteiger partial charge on any atom is 0.340 e. The van der Waals surface area contributed by atoms with Gasteiger partial charge in [-0.25, -0.2) is 17.6 Å². The third-order valence-corrected chi connectivity index (χ3v) is 7.72. The molecule has 1 aliphatic rings. The first-order valence-corrected chi connectivity index (χ1v) is 12.5. The lowest BCUT2D eigenvalue weighted by molar-refractivity contribution is -0.130. The molecule has 3 rings (SSSR count). The zero-order valence-electron chi connectivity index (χ0n) is 18.4. The van der Waals surface area contributed by atoms with Crippen molar-refractivity contribution >= 4 is 39.2 Å². The summed E-state index contributed by atoms with van der Waals surface area (Å²) in [5.74, 6) is -1.82. The van der Waals surface area contributed by atoms with E-state index < -0.39 is 33.8 Å². The topological polar surface area (TPSA) is 92.8 Å². The van der Waals surface area contributed by atoms with Gasteiger partial charge in [0.25, 0.3) is 15.9 Å². The summed E-state index contributed by atoms with van der Waals surface area (Å²) in [5.41, 5.74) is 0.0612. The number of benzene rings is 2. The molecule has 7 nitrogen and oxygen atoms in total. The van der Waals surface area contributed by atoms with Crippen molar-refractivity contribution < 1.29 is 27.1 Å². The number of nitrogens with one attached hydrogen (secondary N) is 1. The van der Waals surface area contributed by atoms with Crippen LogP contribution in [0.25, 0.3) is 0 Å². The Bertz CT molecular complexity index is 1120. The van der Waals surface area contributed by atoms with E-state index in [1.165, 1.54) is 38.2 Å². The highest BCUT2D eigenvalue weighted by Crippen LogP contribution is 2.27. The first-order chi connectivity index (χ1) is 15.6. The molecule has 2 aromatic carbocycles. The molecule has 0 bridgehead atoms. The molecule has 0 spiro atoms. The summed E-state index contributed by atoms with van der Waals surface area (Å²) in [6.07, 6.45) is 3.94. The molecule has 0 heterocycles. The fraction of sp³-hybridized carbons (Fsp3) is 0.391. The van der Waals surface area contributed by atoms with Crippen molar-refractivity contribution in [1.29, 1.82) is 0 Å². The van der Waals surface area contributed by atoms with Crippen LogP contribution in [0.4, 0.5) is 10.1 Å². The number of esters is 1. The van der Waals surface area contributed by atoms with Crippen LogP contribution in [0.3, 0.4) is 0 Å². The van der Waals surface area contributed by atoms with Gasteiger partial charge in [0.15, 0.2) is 6.10 Å². The molecular formula is C23H26ClFN2O5S. The Balaban J connectivity index is 1.75. The van der Waals surface area contributed by atoms with Crippen LogP contribution in [0.5, 0.6) is 0 Å². The number of halogens is 2. The molecule has 2 aromatic rings. The van der Waals surface area contributed by atoms with Gasteiger partial charge in [-0.2, -0.15) is 0 Å². The van der Waals surface area contributed by atoms with Gasteiger partial charge in [0.2, 0.25) is 0 Å². The monoisotopic (exact) mass is 496 g/mol. The summed E-state index contributed by atoms with van der Waals surface area (Å²) < 4.78 is 45.5. The molecule has 1 unspecified atom stereocenters.